The topological polar surface area (TPSA) is 82.8 Å². The average molecular weight is 333 g/mol. The molecule has 0 bridgehead atoms. The van der Waals surface area contributed by atoms with E-state index in [1.165, 1.54) is 4.68 Å². The van der Waals surface area contributed by atoms with Crippen molar-refractivity contribution in [1.29, 1.82) is 0 Å². The Morgan fingerprint density at radius 2 is 1.93 bits per heavy atom. The van der Waals surface area contributed by atoms with Crippen LogP contribution in [-0.2, 0) is 0 Å². The number of anilines is 1. The Labute approximate surface area is 103 Å². The summed E-state index contributed by atoms with van der Waals surface area (Å²) in [6.07, 6.45) is 0. The van der Waals surface area contributed by atoms with Crippen LogP contribution in [0.3, 0.4) is 0 Å². The van der Waals surface area contributed by atoms with Crippen LogP contribution in [0.1, 0.15) is 0 Å². The van der Waals surface area contributed by atoms with E-state index in [1.54, 1.807) is 0 Å². The predicted octanol–water partition coefficient (Wildman–Crippen LogP) is 1.77. The summed E-state index contributed by atoms with van der Waals surface area (Å²) < 4.78 is 3.05. The summed E-state index contributed by atoms with van der Waals surface area (Å²) in [7, 11) is 0. The van der Waals surface area contributed by atoms with Gasteiger partial charge in [0.1, 0.15) is 0 Å². The lowest BCUT2D eigenvalue weighted by Crippen LogP contribution is -2.13. The van der Waals surface area contributed by atoms with Crippen molar-refractivity contribution in [2.75, 3.05) is 11.6 Å². The Bertz CT molecular complexity index is 508. The van der Waals surface area contributed by atoms with Crippen molar-refractivity contribution in [3.05, 3.63) is 27.1 Å². The fourth-order valence-corrected chi connectivity index (χ4v) is 1.94. The molecule has 0 atom stereocenters. The van der Waals surface area contributed by atoms with Crippen LogP contribution in [0.4, 0.5) is 5.95 Å². The lowest BCUT2D eigenvalue weighted by Gasteiger charge is -2.04. The summed E-state index contributed by atoms with van der Waals surface area (Å²) in [6.45, 7) is 0. The summed E-state index contributed by atoms with van der Waals surface area (Å²) in [5, 5.41) is 7.59. The van der Waals surface area contributed by atoms with Crippen molar-refractivity contribution in [3.8, 4) is 11.4 Å². The minimum Gasteiger partial charge on any atom is -0.366 e. The number of nitrogens with zero attached hydrogens (tertiary/aromatic N) is 3. The molecule has 78 valence electrons. The summed E-state index contributed by atoms with van der Waals surface area (Å²) in [6, 6.07) is 5.69. The first-order valence-corrected chi connectivity index (χ1v) is 5.59. The molecule has 0 saturated carbocycles. The molecule has 1 aromatic heterocycles. The minimum absolute atomic E-state index is 0.178. The third kappa shape index (κ3) is 1.84. The molecule has 0 saturated heterocycles. The molecule has 0 amide bonds. The number of benzene rings is 1. The zero-order chi connectivity index (χ0) is 11.0. The van der Waals surface area contributed by atoms with Gasteiger partial charge in [-0.15, -0.1) is 10.2 Å². The molecule has 0 aliphatic heterocycles. The standard InChI is InChI=1S/C8H7Br2N5/c9-4-1-2-6(10)5(3-4)7-13-14-8(11)15(7)12/h1-3H,12H2,(H2,11,14). The maximum Gasteiger partial charge on any atom is 0.241 e. The van der Waals surface area contributed by atoms with Gasteiger partial charge in [-0.3, -0.25) is 0 Å². The highest BCUT2D eigenvalue weighted by atomic mass is 79.9. The van der Waals surface area contributed by atoms with Gasteiger partial charge in [0, 0.05) is 14.5 Å². The van der Waals surface area contributed by atoms with Gasteiger partial charge in [-0.25, -0.2) is 4.68 Å². The molecule has 4 N–H and O–H groups in total. The first kappa shape index (κ1) is 10.4. The van der Waals surface area contributed by atoms with Gasteiger partial charge in [-0.05, 0) is 18.2 Å². The Morgan fingerprint density at radius 3 is 2.53 bits per heavy atom. The van der Waals surface area contributed by atoms with Gasteiger partial charge in [0.2, 0.25) is 5.95 Å². The van der Waals surface area contributed by atoms with Crippen LogP contribution >= 0.6 is 31.9 Å². The van der Waals surface area contributed by atoms with Crippen molar-refractivity contribution < 1.29 is 0 Å². The van der Waals surface area contributed by atoms with Crippen molar-refractivity contribution in [2.24, 2.45) is 0 Å². The molecule has 0 unspecified atom stereocenters. The van der Waals surface area contributed by atoms with Gasteiger partial charge in [0.05, 0.1) is 0 Å². The number of hydrogen-bond acceptors (Lipinski definition) is 4. The van der Waals surface area contributed by atoms with Gasteiger partial charge in [-0.1, -0.05) is 31.9 Å². The number of nitrogens with two attached hydrogens (primary N) is 2. The normalized spacial score (nSPS) is 10.5. The van der Waals surface area contributed by atoms with E-state index in [9.17, 15) is 0 Å². The van der Waals surface area contributed by atoms with E-state index in [0.717, 1.165) is 14.5 Å². The van der Waals surface area contributed by atoms with Crippen molar-refractivity contribution >= 4 is 37.8 Å². The fraction of sp³-hybridized carbons (Fsp3) is 0. The molecule has 15 heavy (non-hydrogen) atoms. The highest BCUT2D eigenvalue weighted by molar-refractivity contribution is 9.11. The summed E-state index contributed by atoms with van der Waals surface area (Å²) in [4.78, 5) is 0. The fourth-order valence-electron chi connectivity index (χ4n) is 1.16. The maximum atomic E-state index is 5.68. The molecule has 0 spiro atoms. The van der Waals surface area contributed by atoms with Crippen LogP contribution in [-0.4, -0.2) is 14.9 Å². The Morgan fingerprint density at radius 1 is 1.20 bits per heavy atom. The zero-order valence-corrected chi connectivity index (χ0v) is 10.7. The second-order valence-corrected chi connectivity index (χ2v) is 4.65. The molecule has 2 aromatic rings. The summed E-state index contributed by atoms with van der Waals surface area (Å²) in [5.74, 6) is 6.38. The molecule has 1 heterocycles. The molecular formula is C8H7Br2N5. The monoisotopic (exact) mass is 331 g/mol. The minimum atomic E-state index is 0.178. The van der Waals surface area contributed by atoms with Crippen molar-refractivity contribution in [1.82, 2.24) is 14.9 Å². The second kappa shape index (κ2) is 3.82. The third-order valence-electron chi connectivity index (χ3n) is 1.89. The van der Waals surface area contributed by atoms with E-state index < -0.39 is 0 Å². The van der Waals surface area contributed by atoms with Crippen LogP contribution in [0.15, 0.2) is 27.1 Å². The molecule has 1 aromatic carbocycles. The van der Waals surface area contributed by atoms with Crippen LogP contribution in [0.2, 0.25) is 0 Å². The summed E-state index contributed by atoms with van der Waals surface area (Å²) >= 11 is 6.79. The van der Waals surface area contributed by atoms with E-state index in [2.05, 4.69) is 42.1 Å². The third-order valence-corrected chi connectivity index (χ3v) is 3.08. The summed E-state index contributed by atoms with van der Waals surface area (Å²) in [5.41, 5.74) is 6.33. The number of rotatable bonds is 1. The van der Waals surface area contributed by atoms with Gasteiger partial charge in [-0.2, -0.15) is 0 Å². The Hall–Kier alpha value is -1.08. The van der Waals surface area contributed by atoms with E-state index in [-0.39, 0.29) is 5.95 Å². The van der Waals surface area contributed by atoms with Crippen LogP contribution in [0, 0.1) is 0 Å². The predicted molar refractivity (Wildman–Crippen MR) is 65.4 cm³/mol. The van der Waals surface area contributed by atoms with E-state index >= 15 is 0 Å². The molecule has 2 rings (SSSR count). The number of aromatic nitrogens is 3. The number of halogens is 2. The maximum absolute atomic E-state index is 5.68. The smallest absolute Gasteiger partial charge is 0.241 e. The number of hydrogen-bond donors (Lipinski definition) is 2. The first-order chi connectivity index (χ1) is 7.09. The van der Waals surface area contributed by atoms with Crippen LogP contribution < -0.4 is 11.6 Å². The van der Waals surface area contributed by atoms with E-state index in [0.29, 0.717) is 5.82 Å². The lowest BCUT2D eigenvalue weighted by atomic mass is 10.2. The molecule has 7 heteroatoms. The van der Waals surface area contributed by atoms with Gasteiger partial charge in [0.25, 0.3) is 0 Å². The molecule has 0 radical (unpaired) electrons. The van der Waals surface area contributed by atoms with Gasteiger partial charge < -0.3 is 11.6 Å². The Balaban J connectivity index is 2.63. The molecule has 0 aliphatic rings. The quantitative estimate of drug-likeness (QED) is 0.779. The van der Waals surface area contributed by atoms with Gasteiger partial charge >= 0.3 is 0 Å². The SMILES string of the molecule is Nc1nnc(-c2cc(Br)ccc2Br)n1N. The average Bonchev–Trinajstić information content (AvgIpc) is 2.52. The van der Waals surface area contributed by atoms with Gasteiger partial charge in [0.15, 0.2) is 5.82 Å². The van der Waals surface area contributed by atoms with Crippen molar-refractivity contribution in [3.63, 3.8) is 0 Å². The highest BCUT2D eigenvalue weighted by Gasteiger charge is 2.12. The largest absolute Gasteiger partial charge is 0.366 e. The molecule has 0 fully saturated rings. The van der Waals surface area contributed by atoms with E-state index in [4.69, 9.17) is 11.6 Å². The second-order valence-electron chi connectivity index (χ2n) is 2.88. The first-order valence-electron chi connectivity index (χ1n) is 4.01. The number of nitrogen functional groups attached to an aromatic ring is 2. The van der Waals surface area contributed by atoms with Crippen LogP contribution in [0.5, 0.6) is 0 Å². The highest BCUT2D eigenvalue weighted by Crippen LogP contribution is 2.29. The van der Waals surface area contributed by atoms with Crippen molar-refractivity contribution in [2.45, 2.75) is 0 Å². The lowest BCUT2D eigenvalue weighted by molar-refractivity contribution is 1.02. The zero-order valence-electron chi connectivity index (χ0n) is 7.48. The Kier molecular flexibility index (Phi) is 2.66. The van der Waals surface area contributed by atoms with Crippen LogP contribution in [0.25, 0.3) is 11.4 Å². The molecule has 5 nitrogen and oxygen atoms in total. The molecule has 0 aliphatic carbocycles. The van der Waals surface area contributed by atoms with E-state index in [1.807, 2.05) is 18.2 Å². The molecular weight excluding hydrogens is 326 g/mol.